The average molecular weight is 198 g/mol. The second kappa shape index (κ2) is 3.47. The van der Waals surface area contributed by atoms with Gasteiger partial charge in [-0.3, -0.25) is 4.79 Å². The lowest BCUT2D eigenvalue weighted by Gasteiger charge is -2.23. The van der Waals surface area contributed by atoms with E-state index in [-0.39, 0.29) is 0 Å². The fourth-order valence-electron chi connectivity index (χ4n) is 1.52. The van der Waals surface area contributed by atoms with Crippen LogP contribution in [0.3, 0.4) is 0 Å². The van der Waals surface area contributed by atoms with Crippen LogP contribution in [0.25, 0.3) is 0 Å². The Kier molecular flexibility index (Phi) is 2.33. The molecule has 1 saturated heterocycles. The molecule has 1 aromatic heterocycles. The minimum atomic E-state index is -0.504. The summed E-state index contributed by atoms with van der Waals surface area (Å²) >= 11 is 1.60. The lowest BCUT2D eigenvalue weighted by Crippen LogP contribution is -2.28. The summed E-state index contributed by atoms with van der Waals surface area (Å²) in [7, 11) is 0. The molecular formula is C9H10O3S. The number of hydrogen-bond donors (Lipinski definition) is 0. The Morgan fingerprint density at radius 1 is 1.69 bits per heavy atom. The van der Waals surface area contributed by atoms with Gasteiger partial charge in [-0.05, 0) is 11.4 Å². The molecule has 1 aliphatic rings. The fraction of sp³-hybridized carbons (Fsp3) is 0.444. The van der Waals surface area contributed by atoms with Crippen LogP contribution in [0.2, 0.25) is 0 Å². The normalized spacial score (nSPS) is 27.4. The lowest BCUT2D eigenvalue weighted by molar-refractivity contribution is -0.144. The summed E-state index contributed by atoms with van der Waals surface area (Å²) in [5, 5.41) is 1.98. The minimum Gasteiger partial charge on any atom is -0.453 e. The number of ether oxygens (including phenoxy) is 2. The number of hydrogen-bond acceptors (Lipinski definition) is 4. The second-order valence-corrected chi connectivity index (χ2v) is 3.94. The first-order valence-electron chi connectivity index (χ1n) is 4.11. The molecular weight excluding hydrogens is 188 g/mol. The predicted molar refractivity (Wildman–Crippen MR) is 48.6 cm³/mol. The van der Waals surface area contributed by atoms with E-state index in [0.29, 0.717) is 19.7 Å². The molecule has 0 radical (unpaired) electrons. The quantitative estimate of drug-likeness (QED) is 0.691. The third-order valence-corrected chi connectivity index (χ3v) is 3.28. The molecule has 0 aromatic carbocycles. The van der Waals surface area contributed by atoms with Crippen LogP contribution in [0.5, 0.6) is 0 Å². The van der Waals surface area contributed by atoms with Crippen LogP contribution in [0.4, 0.5) is 0 Å². The molecule has 13 heavy (non-hydrogen) atoms. The molecule has 0 N–H and O–H groups in total. The van der Waals surface area contributed by atoms with E-state index < -0.39 is 5.60 Å². The second-order valence-electron chi connectivity index (χ2n) is 2.99. The third kappa shape index (κ3) is 1.47. The van der Waals surface area contributed by atoms with Crippen molar-refractivity contribution in [3.63, 3.8) is 0 Å². The van der Waals surface area contributed by atoms with Crippen LogP contribution in [-0.2, 0) is 19.9 Å². The van der Waals surface area contributed by atoms with Crippen molar-refractivity contribution >= 4 is 17.8 Å². The first-order chi connectivity index (χ1) is 6.37. The van der Waals surface area contributed by atoms with Crippen molar-refractivity contribution in [2.45, 2.75) is 12.0 Å². The molecule has 0 saturated carbocycles. The lowest BCUT2D eigenvalue weighted by atomic mass is 10.0. The molecule has 4 heteroatoms. The van der Waals surface area contributed by atoms with E-state index in [1.807, 2.05) is 17.5 Å². The summed E-state index contributed by atoms with van der Waals surface area (Å²) < 4.78 is 10.4. The van der Waals surface area contributed by atoms with E-state index in [1.165, 1.54) is 0 Å². The zero-order valence-corrected chi connectivity index (χ0v) is 7.88. The molecule has 0 amide bonds. The molecule has 70 valence electrons. The number of carbonyl (C=O) groups excluding carboxylic acids is 1. The third-order valence-electron chi connectivity index (χ3n) is 2.23. The van der Waals surface area contributed by atoms with Crippen molar-refractivity contribution in [1.82, 2.24) is 0 Å². The fourth-order valence-corrected chi connectivity index (χ4v) is 2.41. The Morgan fingerprint density at radius 3 is 3.15 bits per heavy atom. The highest BCUT2D eigenvalue weighted by Gasteiger charge is 2.39. The van der Waals surface area contributed by atoms with Crippen LogP contribution in [-0.4, -0.2) is 19.7 Å². The SMILES string of the molecule is O=COC1(c2cccs2)CCOC1. The van der Waals surface area contributed by atoms with Crippen LogP contribution >= 0.6 is 11.3 Å². The molecule has 0 aliphatic carbocycles. The van der Waals surface area contributed by atoms with E-state index >= 15 is 0 Å². The van der Waals surface area contributed by atoms with Gasteiger partial charge in [0.25, 0.3) is 6.47 Å². The van der Waals surface area contributed by atoms with Gasteiger partial charge in [-0.15, -0.1) is 11.3 Å². The van der Waals surface area contributed by atoms with E-state index in [2.05, 4.69) is 0 Å². The maximum atomic E-state index is 10.4. The number of rotatable bonds is 3. The summed E-state index contributed by atoms with van der Waals surface area (Å²) in [4.78, 5) is 11.5. The van der Waals surface area contributed by atoms with Gasteiger partial charge < -0.3 is 9.47 Å². The van der Waals surface area contributed by atoms with Gasteiger partial charge in [-0.1, -0.05) is 6.07 Å². The molecule has 1 fully saturated rings. The van der Waals surface area contributed by atoms with E-state index in [0.717, 1.165) is 11.3 Å². The van der Waals surface area contributed by atoms with E-state index in [4.69, 9.17) is 9.47 Å². The number of thiophene rings is 1. The standard InChI is InChI=1S/C9H10O3S/c10-7-12-9(3-4-11-6-9)8-2-1-5-13-8/h1-2,5,7H,3-4,6H2. The molecule has 2 rings (SSSR count). The molecule has 3 nitrogen and oxygen atoms in total. The van der Waals surface area contributed by atoms with Gasteiger partial charge in [0.05, 0.1) is 18.1 Å². The molecule has 1 aromatic rings. The first-order valence-corrected chi connectivity index (χ1v) is 4.98. The molecule has 1 aliphatic heterocycles. The van der Waals surface area contributed by atoms with Crippen molar-refractivity contribution in [3.05, 3.63) is 22.4 Å². The van der Waals surface area contributed by atoms with Gasteiger partial charge in [-0.25, -0.2) is 0 Å². The van der Waals surface area contributed by atoms with Crippen LogP contribution < -0.4 is 0 Å². The zero-order chi connectivity index (χ0) is 9.15. The highest BCUT2D eigenvalue weighted by atomic mass is 32.1. The van der Waals surface area contributed by atoms with Gasteiger partial charge in [0, 0.05) is 6.42 Å². The Balaban J connectivity index is 2.27. The van der Waals surface area contributed by atoms with Gasteiger partial charge in [0.2, 0.25) is 0 Å². The summed E-state index contributed by atoms with van der Waals surface area (Å²) in [6.45, 7) is 1.65. The smallest absolute Gasteiger partial charge is 0.294 e. The summed E-state index contributed by atoms with van der Waals surface area (Å²) in [6, 6.07) is 3.93. The van der Waals surface area contributed by atoms with Crippen LogP contribution in [0, 0.1) is 0 Å². The Bertz CT molecular complexity index is 275. The highest BCUT2D eigenvalue weighted by molar-refractivity contribution is 7.10. The van der Waals surface area contributed by atoms with Gasteiger partial charge in [-0.2, -0.15) is 0 Å². The molecule has 2 heterocycles. The molecule has 1 unspecified atom stereocenters. The van der Waals surface area contributed by atoms with Crippen molar-refractivity contribution in [1.29, 1.82) is 0 Å². The van der Waals surface area contributed by atoms with E-state index in [9.17, 15) is 4.79 Å². The van der Waals surface area contributed by atoms with Crippen molar-refractivity contribution < 1.29 is 14.3 Å². The molecule has 0 bridgehead atoms. The zero-order valence-electron chi connectivity index (χ0n) is 7.06. The largest absolute Gasteiger partial charge is 0.453 e. The average Bonchev–Trinajstić information content (AvgIpc) is 2.73. The first kappa shape index (κ1) is 8.72. The Morgan fingerprint density at radius 2 is 2.62 bits per heavy atom. The van der Waals surface area contributed by atoms with Crippen molar-refractivity contribution in [2.24, 2.45) is 0 Å². The summed E-state index contributed by atoms with van der Waals surface area (Å²) in [5.41, 5.74) is -0.504. The molecule has 0 spiro atoms. The topological polar surface area (TPSA) is 35.5 Å². The van der Waals surface area contributed by atoms with Gasteiger partial charge in [0.15, 0.2) is 5.60 Å². The van der Waals surface area contributed by atoms with Crippen molar-refractivity contribution in [2.75, 3.05) is 13.2 Å². The number of carbonyl (C=O) groups is 1. The van der Waals surface area contributed by atoms with Crippen LogP contribution in [0.15, 0.2) is 17.5 Å². The van der Waals surface area contributed by atoms with Crippen LogP contribution in [0.1, 0.15) is 11.3 Å². The summed E-state index contributed by atoms with van der Waals surface area (Å²) in [5.74, 6) is 0. The summed E-state index contributed by atoms with van der Waals surface area (Å²) in [6.07, 6.45) is 0.756. The highest BCUT2D eigenvalue weighted by Crippen LogP contribution is 2.36. The Hall–Kier alpha value is -0.870. The van der Waals surface area contributed by atoms with E-state index in [1.54, 1.807) is 11.3 Å². The monoisotopic (exact) mass is 198 g/mol. The predicted octanol–water partition coefficient (Wildman–Crippen LogP) is 1.54. The maximum Gasteiger partial charge on any atom is 0.294 e. The van der Waals surface area contributed by atoms with Gasteiger partial charge >= 0.3 is 0 Å². The van der Waals surface area contributed by atoms with Crippen molar-refractivity contribution in [3.8, 4) is 0 Å². The van der Waals surface area contributed by atoms with Gasteiger partial charge in [0.1, 0.15) is 0 Å². The Labute approximate surface area is 80.3 Å². The maximum absolute atomic E-state index is 10.4. The molecule has 1 atom stereocenters. The minimum absolute atomic E-state index is 0.478.